The van der Waals surface area contributed by atoms with Crippen molar-refractivity contribution in [1.82, 2.24) is 0 Å². The largest absolute Gasteiger partial charge is 0.480 e. The zero-order valence-corrected chi connectivity index (χ0v) is 35.1. The minimum Gasteiger partial charge on any atom is -0.480 e. The van der Waals surface area contributed by atoms with Crippen LogP contribution in [0, 0.1) is 0 Å². The van der Waals surface area contributed by atoms with Gasteiger partial charge in [-0.3, -0.25) is 23.4 Å². The Balaban J connectivity index is 4.54. The van der Waals surface area contributed by atoms with Gasteiger partial charge < -0.3 is 25.2 Å². The Morgan fingerprint density at radius 3 is 1.57 bits per heavy atom. The molecule has 0 aromatic carbocycles. The minimum atomic E-state index is -4.74. The summed E-state index contributed by atoms with van der Waals surface area (Å²) in [5, 5.41) is 8.87. The number of carbonyl (C=O) groups excluding carboxylic acids is 2. The second-order valence-corrected chi connectivity index (χ2v) is 14.8. The quantitative estimate of drug-likeness (QED) is 0.0236. The van der Waals surface area contributed by atoms with Gasteiger partial charge in [0.05, 0.1) is 13.2 Å². The van der Waals surface area contributed by atoms with Crippen molar-refractivity contribution < 1.29 is 47.5 Å². The molecule has 0 bridgehead atoms. The third-order valence-electron chi connectivity index (χ3n) is 8.14. The van der Waals surface area contributed by atoms with Crippen molar-refractivity contribution in [3.05, 3.63) is 85.1 Å². The van der Waals surface area contributed by atoms with E-state index in [1.54, 1.807) is 0 Å². The van der Waals surface area contributed by atoms with Gasteiger partial charge in [-0.2, -0.15) is 0 Å². The van der Waals surface area contributed by atoms with Crippen LogP contribution < -0.4 is 5.73 Å². The number of aliphatic carboxylic acids is 1. The Hall–Kier alpha value is -3.34. The molecule has 0 fully saturated rings. The van der Waals surface area contributed by atoms with Crippen LogP contribution in [0.5, 0.6) is 0 Å². The van der Waals surface area contributed by atoms with Crippen molar-refractivity contribution in [3.8, 4) is 0 Å². The first kappa shape index (κ1) is 52.7. The molecule has 0 aromatic heterocycles. The summed E-state index contributed by atoms with van der Waals surface area (Å²) in [6.45, 7) is 2.56. The van der Waals surface area contributed by atoms with E-state index in [1.165, 1.54) is 25.7 Å². The molecule has 0 heterocycles. The Morgan fingerprint density at radius 2 is 1.04 bits per heavy atom. The third-order valence-corrected chi connectivity index (χ3v) is 9.09. The summed E-state index contributed by atoms with van der Waals surface area (Å²) in [6.07, 6.45) is 46.6. The van der Waals surface area contributed by atoms with Gasteiger partial charge >= 0.3 is 25.7 Å². The van der Waals surface area contributed by atoms with Gasteiger partial charge in [-0.05, 0) is 77.0 Å². The van der Waals surface area contributed by atoms with Gasteiger partial charge in [-0.25, -0.2) is 4.57 Å². The summed E-state index contributed by atoms with van der Waals surface area (Å²) < 4.78 is 32.5. The highest BCUT2D eigenvalue weighted by atomic mass is 31.2. The molecule has 11 nitrogen and oxygen atoms in total. The molecule has 0 saturated carbocycles. The molecule has 12 heteroatoms. The number of carboxylic acid groups (broad SMARTS) is 1. The fraction of sp³-hybridized carbons (Fsp3) is 0.614. The maximum absolute atomic E-state index is 12.6. The molecule has 0 aliphatic rings. The van der Waals surface area contributed by atoms with Crippen molar-refractivity contribution in [1.29, 1.82) is 0 Å². The van der Waals surface area contributed by atoms with E-state index in [9.17, 15) is 23.8 Å². The van der Waals surface area contributed by atoms with Crippen molar-refractivity contribution >= 4 is 25.7 Å². The van der Waals surface area contributed by atoms with E-state index in [4.69, 9.17) is 24.8 Å². The molecule has 0 amide bonds. The highest BCUT2D eigenvalue weighted by Crippen LogP contribution is 2.43. The molecule has 0 saturated heterocycles. The summed E-state index contributed by atoms with van der Waals surface area (Å²) in [7, 11) is -4.74. The molecule has 0 radical (unpaired) electrons. The van der Waals surface area contributed by atoms with E-state index in [0.29, 0.717) is 12.8 Å². The molecule has 1 unspecified atom stereocenters. The van der Waals surface area contributed by atoms with Crippen LogP contribution in [0.1, 0.15) is 142 Å². The van der Waals surface area contributed by atoms with Crippen LogP contribution in [0.2, 0.25) is 0 Å². The molecule has 0 aliphatic carbocycles. The van der Waals surface area contributed by atoms with Crippen LogP contribution in [0.15, 0.2) is 85.1 Å². The maximum Gasteiger partial charge on any atom is 0.472 e. The fourth-order valence-corrected chi connectivity index (χ4v) is 5.68. The number of carbonyl (C=O) groups is 3. The monoisotopic (exact) mass is 805 g/mol. The van der Waals surface area contributed by atoms with E-state index in [1.807, 2.05) is 12.2 Å². The lowest BCUT2D eigenvalue weighted by molar-refractivity contribution is -0.161. The van der Waals surface area contributed by atoms with Gasteiger partial charge in [0.25, 0.3) is 0 Å². The highest BCUT2D eigenvalue weighted by molar-refractivity contribution is 7.47. The zero-order chi connectivity index (χ0) is 41.4. The van der Waals surface area contributed by atoms with E-state index in [2.05, 4.69) is 91.3 Å². The van der Waals surface area contributed by atoms with E-state index in [-0.39, 0.29) is 12.8 Å². The van der Waals surface area contributed by atoms with Crippen LogP contribution in [-0.2, 0) is 37.5 Å². The number of esters is 2. The van der Waals surface area contributed by atoms with Crippen molar-refractivity contribution in [2.75, 3.05) is 19.8 Å². The average molecular weight is 806 g/mol. The maximum atomic E-state index is 12.6. The van der Waals surface area contributed by atoms with Crippen molar-refractivity contribution in [3.63, 3.8) is 0 Å². The molecule has 0 rings (SSSR count). The number of ether oxygens (including phenoxy) is 2. The lowest BCUT2D eigenvalue weighted by Crippen LogP contribution is -2.34. The van der Waals surface area contributed by atoms with Crippen LogP contribution in [0.3, 0.4) is 0 Å². The lowest BCUT2D eigenvalue weighted by atomic mass is 10.1. The third kappa shape index (κ3) is 37.6. The normalized spacial score (nSPS) is 14.6. The Bertz CT molecular complexity index is 1270. The summed E-state index contributed by atoms with van der Waals surface area (Å²) >= 11 is 0. The number of hydrogen-bond acceptors (Lipinski definition) is 9. The SMILES string of the molecule is CC/C=C\C/C=C\C/C=C\C/C=C\C/C=C\C/C=C\CCC(=O)OC[C@H](COP(=O)(O)OC[C@H](N)C(=O)O)OC(=O)CCCCCCC/C=C\CCCCCC. The summed E-state index contributed by atoms with van der Waals surface area (Å²) in [5.74, 6) is -2.51. The van der Waals surface area contributed by atoms with Crippen LogP contribution in [-0.4, -0.2) is 59.9 Å². The first-order chi connectivity index (χ1) is 27.1. The number of allylic oxidation sites excluding steroid dienone is 14. The number of hydrogen-bond donors (Lipinski definition) is 3. The Labute approximate surface area is 337 Å². The topological polar surface area (TPSA) is 172 Å². The summed E-state index contributed by atoms with van der Waals surface area (Å²) in [5.41, 5.74) is 5.32. The summed E-state index contributed by atoms with van der Waals surface area (Å²) in [4.78, 5) is 45.8. The van der Waals surface area contributed by atoms with Gasteiger partial charge in [-0.1, -0.05) is 137 Å². The predicted octanol–water partition coefficient (Wildman–Crippen LogP) is 10.7. The molecule has 0 aliphatic heterocycles. The number of rotatable bonds is 37. The standard InChI is InChI=1S/C44H72NO10P/c1-3-5-7-9-11-13-15-17-18-19-20-21-22-24-25-27-29-31-33-35-42(46)52-37-40(38-53-56(50,51)54-39-41(45)44(48)49)55-43(47)36-34-32-30-28-26-23-16-14-12-10-8-6-4-2/h5,7,11,13-14,16-18,20-21,24-25,29,31,40-41H,3-4,6,8-10,12,15,19,22-23,26-28,30,32-39,45H2,1-2H3,(H,48,49)(H,50,51)/b7-5-,13-11-,16-14-,18-17-,21-20-,25-24-,31-29-/t40-,41+/m1/s1. The highest BCUT2D eigenvalue weighted by Gasteiger charge is 2.28. The Kier molecular flexibility index (Phi) is 36.2. The second kappa shape index (κ2) is 38.5. The van der Waals surface area contributed by atoms with Crippen molar-refractivity contribution in [2.45, 2.75) is 154 Å². The zero-order valence-electron chi connectivity index (χ0n) is 34.2. The van der Waals surface area contributed by atoms with Crippen LogP contribution in [0.25, 0.3) is 0 Å². The van der Waals surface area contributed by atoms with Crippen LogP contribution in [0.4, 0.5) is 0 Å². The van der Waals surface area contributed by atoms with Gasteiger partial charge in [0, 0.05) is 12.8 Å². The first-order valence-electron chi connectivity index (χ1n) is 20.6. The van der Waals surface area contributed by atoms with Gasteiger partial charge in [0.15, 0.2) is 6.10 Å². The molecule has 56 heavy (non-hydrogen) atoms. The second-order valence-electron chi connectivity index (χ2n) is 13.4. The molecule has 4 N–H and O–H groups in total. The summed E-state index contributed by atoms with van der Waals surface area (Å²) in [6, 6.07) is -1.54. The van der Waals surface area contributed by atoms with Gasteiger partial charge in [0.1, 0.15) is 12.6 Å². The van der Waals surface area contributed by atoms with E-state index < -0.39 is 57.7 Å². The smallest absolute Gasteiger partial charge is 0.472 e. The Morgan fingerprint density at radius 1 is 0.571 bits per heavy atom. The number of carboxylic acids is 1. The first-order valence-corrected chi connectivity index (χ1v) is 22.1. The van der Waals surface area contributed by atoms with Gasteiger partial charge in [0.2, 0.25) is 0 Å². The fourth-order valence-electron chi connectivity index (χ4n) is 4.91. The molecule has 0 spiro atoms. The minimum absolute atomic E-state index is 0.0904. The molecule has 0 aromatic rings. The van der Waals surface area contributed by atoms with Crippen molar-refractivity contribution in [2.24, 2.45) is 5.73 Å². The predicted molar refractivity (Wildman–Crippen MR) is 226 cm³/mol. The number of unbranched alkanes of at least 4 members (excludes halogenated alkanes) is 9. The molecule has 318 valence electrons. The lowest BCUT2D eigenvalue weighted by Gasteiger charge is -2.20. The molecule has 3 atom stereocenters. The van der Waals surface area contributed by atoms with E-state index in [0.717, 1.165) is 77.0 Å². The molecular weight excluding hydrogens is 733 g/mol. The number of phosphoric acid groups is 1. The number of phosphoric ester groups is 1. The van der Waals surface area contributed by atoms with Gasteiger partial charge in [-0.15, -0.1) is 0 Å². The number of nitrogens with two attached hydrogens (primary N) is 1. The van der Waals surface area contributed by atoms with Crippen LogP contribution >= 0.6 is 7.82 Å². The van der Waals surface area contributed by atoms with E-state index >= 15 is 0 Å². The molecular formula is C44H72NO10P. The average Bonchev–Trinajstić information content (AvgIpc) is 3.17.